The van der Waals surface area contributed by atoms with Crippen LogP contribution in [0, 0.1) is 0 Å². The molecular formula is C24H26BrNO5. The molecule has 1 aromatic rings. The van der Waals surface area contributed by atoms with Crippen LogP contribution in [0.3, 0.4) is 0 Å². The van der Waals surface area contributed by atoms with Crippen molar-refractivity contribution < 1.29 is 24.2 Å². The molecule has 164 valence electrons. The molecule has 0 aromatic heterocycles. The summed E-state index contributed by atoms with van der Waals surface area (Å²) in [5.41, 5.74) is 3.88. The van der Waals surface area contributed by atoms with Gasteiger partial charge in [-0.1, -0.05) is 15.9 Å². The van der Waals surface area contributed by atoms with E-state index in [4.69, 9.17) is 4.74 Å². The van der Waals surface area contributed by atoms with Gasteiger partial charge in [0.1, 0.15) is 5.75 Å². The average Bonchev–Trinajstić information content (AvgIpc) is 2.73. The quantitative estimate of drug-likeness (QED) is 0.623. The Kier molecular flexibility index (Phi) is 6.32. The molecule has 2 aliphatic carbocycles. The van der Waals surface area contributed by atoms with Gasteiger partial charge in [0.2, 0.25) is 0 Å². The predicted molar refractivity (Wildman–Crippen MR) is 119 cm³/mol. The maximum Gasteiger partial charge on any atom is 0.305 e. The first-order valence-electron chi connectivity index (χ1n) is 10.9. The van der Waals surface area contributed by atoms with Crippen LogP contribution in [-0.4, -0.2) is 40.7 Å². The Labute approximate surface area is 190 Å². The number of ether oxygens (including phenoxy) is 1. The number of ketones is 2. The van der Waals surface area contributed by atoms with Crippen LogP contribution in [0.2, 0.25) is 0 Å². The number of carboxylic acid groups (broad SMARTS) is 1. The van der Waals surface area contributed by atoms with Gasteiger partial charge in [0.15, 0.2) is 11.6 Å². The number of aliphatic carboxylic acids is 1. The SMILES string of the molecule is CCOc1ccc(Br)cc1C1C2=C(CCCC2=O)N(CCC(=O)O)C2=C1C(=O)CCC2. The van der Waals surface area contributed by atoms with Crippen molar-refractivity contribution in [2.75, 3.05) is 13.2 Å². The molecule has 0 saturated heterocycles. The highest BCUT2D eigenvalue weighted by Gasteiger charge is 2.44. The molecule has 1 heterocycles. The minimum atomic E-state index is -0.888. The van der Waals surface area contributed by atoms with Crippen LogP contribution in [0.25, 0.3) is 0 Å². The van der Waals surface area contributed by atoms with Crippen LogP contribution in [0.4, 0.5) is 0 Å². The fraction of sp³-hybridized carbons (Fsp3) is 0.458. The molecule has 0 bridgehead atoms. The number of nitrogens with zero attached hydrogens (tertiary/aromatic N) is 1. The highest BCUT2D eigenvalue weighted by atomic mass is 79.9. The summed E-state index contributed by atoms with van der Waals surface area (Å²) in [6.07, 6.45) is 3.73. The van der Waals surface area contributed by atoms with Crippen LogP contribution in [0.15, 0.2) is 45.2 Å². The van der Waals surface area contributed by atoms with Gasteiger partial charge < -0.3 is 14.7 Å². The molecule has 0 saturated carbocycles. The Balaban J connectivity index is 1.95. The number of rotatable bonds is 6. The molecular weight excluding hydrogens is 462 g/mol. The smallest absolute Gasteiger partial charge is 0.305 e. The van der Waals surface area contributed by atoms with Gasteiger partial charge in [-0.3, -0.25) is 14.4 Å². The highest BCUT2D eigenvalue weighted by Crippen LogP contribution is 2.51. The minimum absolute atomic E-state index is 0.0400. The minimum Gasteiger partial charge on any atom is -0.494 e. The Bertz CT molecular complexity index is 965. The van der Waals surface area contributed by atoms with Crippen LogP contribution < -0.4 is 4.74 Å². The first kappa shape index (κ1) is 21.8. The molecule has 3 aliphatic rings. The number of Topliss-reactive ketones (excluding diaryl/α,β-unsaturated/α-hetero) is 2. The third-order valence-electron chi connectivity index (χ3n) is 6.22. The van der Waals surface area contributed by atoms with Gasteiger partial charge in [-0.2, -0.15) is 0 Å². The molecule has 0 fully saturated rings. The summed E-state index contributed by atoms with van der Waals surface area (Å²) >= 11 is 3.54. The standard InChI is InChI=1S/C24H26BrNO5/c1-2-31-20-10-9-14(25)13-15(20)22-23-16(5-3-7-18(23)27)26(12-11-21(29)30)17-6-4-8-19(28)24(17)22/h9-10,13,22H,2-8,11-12H2,1H3,(H,29,30). The van der Waals surface area contributed by atoms with E-state index in [0.717, 1.165) is 34.3 Å². The number of hydrogen-bond donors (Lipinski definition) is 1. The van der Waals surface area contributed by atoms with E-state index in [1.54, 1.807) is 0 Å². The Morgan fingerprint density at radius 2 is 1.71 bits per heavy atom. The largest absolute Gasteiger partial charge is 0.494 e. The molecule has 7 heteroatoms. The fourth-order valence-electron chi connectivity index (χ4n) is 5.04. The molecule has 0 atom stereocenters. The van der Waals surface area contributed by atoms with Crippen molar-refractivity contribution in [2.45, 2.75) is 57.8 Å². The van der Waals surface area contributed by atoms with Gasteiger partial charge in [-0.15, -0.1) is 0 Å². The molecule has 0 unspecified atom stereocenters. The van der Waals surface area contributed by atoms with E-state index in [-0.39, 0.29) is 24.5 Å². The lowest BCUT2D eigenvalue weighted by Gasteiger charge is -2.44. The molecule has 1 N–H and O–H groups in total. The van der Waals surface area contributed by atoms with Gasteiger partial charge in [0.25, 0.3) is 0 Å². The summed E-state index contributed by atoms with van der Waals surface area (Å²) < 4.78 is 6.76. The maximum atomic E-state index is 13.2. The first-order chi connectivity index (χ1) is 14.9. The van der Waals surface area contributed by atoms with Gasteiger partial charge in [0, 0.05) is 57.9 Å². The number of carbonyl (C=O) groups is 3. The molecule has 0 spiro atoms. The number of carboxylic acids is 1. The lowest BCUT2D eigenvalue weighted by molar-refractivity contribution is -0.137. The topological polar surface area (TPSA) is 83.9 Å². The van der Waals surface area contributed by atoms with Gasteiger partial charge in [0.05, 0.1) is 13.0 Å². The molecule has 1 aliphatic heterocycles. The predicted octanol–water partition coefficient (Wildman–Crippen LogP) is 4.74. The van der Waals surface area contributed by atoms with Crippen LogP contribution >= 0.6 is 15.9 Å². The average molecular weight is 488 g/mol. The second-order valence-corrected chi connectivity index (χ2v) is 9.03. The molecule has 0 radical (unpaired) electrons. The van der Waals surface area contributed by atoms with Crippen molar-refractivity contribution in [2.24, 2.45) is 0 Å². The normalized spacial score (nSPS) is 19.5. The summed E-state index contributed by atoms with van der Waals surface area (Å²) in [6, 6.07) is 5.72. The van der Waals surface area contributed by atoms with E-state index in [1.165, 1.54) is 0 Å². The lowest BCUT2D eigenvalue weighted by Crippen LogP contribution is -2.40. The maximum absolute atomic E-state index is 13.2. The summed E-state index contributed by atoms with van der Waals surface area (Å²) in [6.45, 7) is 2.66. The van der Waals surface area contributed by atoms with Crippen molar-refractivity contribution in [3.05, 3.63) is 50.8 Å². The Morgan fingerprint density at radius 1 is 1.10 bits per heavy atom. The fourth-order valence-corrected chi connectivity index (χ4v) is 5.42. The van der Waals surface area contributed by atoms with Crippen molar-refractivity contribution in [1.82, 2.24) is 4.90 Å². The van der Waals surface area contributed by atoms with Crippen LogP contribution in [0.1, 0.15) is 63.4 Å². The number of benzene rings is 1. The first-order valence-corrected chi connectivity index (χ1v) is 11.7. The van der Waals surface area contributed by atoms with Gasteiger partial charge >= 0.3 is 5.97 Å². The zero-order chi connectivity index (χ0) is 22.1. The number of halogens is 1. The zero-order valence-electron chi connectivity index (χ0n) is 17.6. The zero-order valence-corrected chi connectivity index (χ0v) is 19.2. The Hall–Kier alpha value is -2.41. The molecule has 6 nitrogen and oxygen atoms in total. The van der Waals surface area contributed by atoms with E-state index >= 15 is 0 Å². The summed E-state index contributed by atoms with van der Waals surface area (Å²) in [7, 11) is 0. The van der Waals surface area contributed by atoms with Gasteiger partial charge in [-0.05, 0) is 50.8 Å². The summed E-state index contributed by atoms with van der Waals surface area (Å²) in [5, 5.41) is 9.28. The third-order valence-corrected chi connectivity index (χ3v) is 6.71. The van der Waals surface area contributed by atoms with E-state index in [2.05, 4.69) is 15.9 Å². The van der Waals surface area contributed by atoms with Gasteiger partial charge in [-0.25, -0.2) is 0 Å². The van der Waals surface area contributed by atoms with Crippen molar-refractivity contribution >= 4 is 33.5 Å². The number of allylic oxidation sites excluding steroid dienone is 4. The second-order valence-electron chi connectivity index (χ2n) is 8.12. The lowest BCUT2D eigenvalue weighted by atomic mass is 9.70. The van der Waals surface area contributed by atoms with E-state index in [0.29, 0.717) is 49.2 Å². The number of carbonyl (C=O) groups excluding carboxylic acids is 2. The van der Waals surface area contributed by atoms with Crippen molar-refractivity contribution in [1.29, 1.82) is 0 Å². The Morgan fingerprint density at radius 3 is 2.26 bits per heavy atom. The van der Waals surface area contributed by atoms with Crippen LogP contribution in [-0.2, 0) is 14.4 Å². The molecule has 0 amide bonds. The second kappa shape index (κ2) is 8.99. The summed E-state index contributed by atoms with van der Waals surface area (Å²) in [4.78, 5) is 39.8. The highest BCUT2D eigenvalue weighted by molar-refractivity contribution is 9.10. The van der Waals surface area contributed by atoms with Crippen LogP contribution in [0.5, 0.6) is 5.75 Å². The molecule has 31 heavy (non-hydrogen) atoms. The molecule has 1 aromatic carbocycles. The van der Waals surface area contributed by atoms with E-state index in [9.17, 15) is 19.5 Å². The molecule has 4 rings (SSSR count). The monoisotopic (exact) mass is 487 g/mol. The van der Waals surface area contributed by atoms with E-state index < -0.39 is 11.9 Å². The van der Waals surface area contributed by atoms with Crippen molar-refractivity contribution in [3.63, 3.8) is 0 Å². The summed E-state index contributed by atoms with van der Waals surface area (Å²) in [5.74, 6) is -0.602. The van der Waals surface area contributed by atoms with E-state index in [1.807, 2.05) is 30.0 Å². The third kappa shape index (κ3) is 4.07. The number of hydrogen-bond acceptors (Lipinski definition) is 5. The van der Waals surface area contributed by atoms with Crippen molar-refractivity contribution in [3.8, 4) is 5.75 Å².